The van der Waals surface area contributed by atoms with Gasteiger partial charge in [-0.15, -0.1) is 0 Å². The molecule has 0 aliphatic rings. The number of ether oxygens (including phenoxy) is 1. The number of nitrogens with one attached hydrogen (secondary N) is 2. The average molecular weight is 298 g/mol. The maximum Gasteiger partial charge on any atom is 0.191 e. The van der Waals surface area contributed by atoms with Crippen LogP contribution in [0, 0.1) is 0 Å². The fraction of sp³-hybridized carbons (Fsp3) is 0.294. The van der Waals surface area contributed by atoms with Crippen molar-refractivity contribution >= 4 is 5.96 Å². The summed E-state index contributed by atoms with van der Waals surface area (Å²) in [6.07, 6.45) is 4.58. The molecule has 1 aromatic carbocycles. The van der Waals surface area contributed by atoms with E-state index in [9.17, 15) is 0 Å². The molecule has 5 nitrogen and oxygen atoms in total. The summed E-state index contributed by atoms with van der Waals surface area (Å²) >= 11 is 0. The number of aliphatic imine (C=N–C) groups is 1. The van der Waals surface area contributed by atoms with Crippen molar-refractivity contribution in [1.29, 1.82) is 0 Å². The molecule has 116 valence electrons. The van der Waals surface area contributed by atoms with Crippen molar-refractivity contribution in [3.63, 3.8) is 0 Å². The van der Waals surface area contributed by atoms with E-state index in [1.165, 1.54) is 5.56 Å². The van der Waals surface area contributed by atoms with Gasteiger partial charge in [-0.25, -0.2) is 0 Å². The number of hydrogen-bond donors (Lipinski definition) is 2. The maximum atomic E-state index is 5.22. The fourth-order valence-electron chi connectivity index (χ4n) is 2.06. The highest BCUT2D eigenvalue weighted by atomic mass is 16.5. The van der Waals surface area contributed by atoms with Crippen LogP contribution in [-0.2, 0) is 13.0 Å². The Morgan fingerprint density at radius 3 is 2.77 bits per heavy atom. The third kappa shape index (κ3) is 5.09. The second-order valence-corrected chi connectivity index (χ2v) is 4.82. The second kappa shape index (κ2) is 8.67. The van der Waals surface area contributed by atoms with E-state index >= 15 is 0 Å². The molecule has 0 saturated heterocycles. The van der Waals surface area contributed by atoms with Gasteiger partial charge in [0.15, 0.2) is 5.96 Å². The highest BCUT2D eigenvalue weighted by Crippen LogP contribution is 2.11. The largest absolute Gasteiger partial charge is 0.497 e. The van der Waals surface area contributed by atoms with Gasteiger partial charge in [-0.3, -0.25) is 9.98 Å². The summed E-state index contributed by atoms with van der Waals surface area (Å²) < 4.78 is 5.22. The second-order valence-electron chi connectivity index (χ2n) is 4.82. The van der Waals surface area contributed by atoms with Crippen molar-refractivity contribution in [2.24, 2.45) is 4.99 Å². The van der Waals surface area contributed by atoms with Crippen molar-refractivity contribution in [3.8, 4) is 5.75 Å². The van der Waals surface area contributed by atoms with Gasteiger partial charge in [0.2, 0.25) is 0 Å². The van der Waals surface area contributed by atoms with Crippen LogP contribution in [-0.4, -0.2) is 31.6 Å². The molecule has 1 heterocycles. The van der Waals surface area contributed by atoms with E-state index in [2.05, 4.69) is 32.7 Å². The lowest BCUT2D eigenvalue weighted by Gasteiger charge is -2.12. The number of pyridine rings is 1. The lowest BCUT2D eigenvalue weighted by Crippen LogP contribution is -2.37. The molecule has 0 saturated carbocycles. The number of nitrogens with zero attached hydrogens (tertiary/aromatic N) is 2. The minimum absolute atomic E-state index is 0.698. The zero-order valence-electron chi connectivity index (χ0n) is 13.0. The van der Waals surface area contributed by atoms with Crippen LogP contribution in [0.4, 0.5) is 0 Å². The molecule has 0 aliphatic heterocycles. The van der Waals surface area contributed by atoms with Gasteiger partial charge in [0.05, 0.1) is 7.11 Å². The van der Waals surface area contributed by atoms with E-state index in [1.54, 1.807) is 20.4 Å². The normalized spacial score (nSPS) is 11.1. The number of aromatic nitrogens is 1. The number of benzene rings is 1. The summed E-state index contributed by atoms with van der Waals surface area (Å²) in [7, 11) is 3.44. The molecule has 2 rings (SSSR count). The van der Waals surface area contributed by atoms with Gasteiger partial charge < -0.3 is 15.4 Å². The van der Waals surface area contributed by atoms with Gasteiger partial charge in [0, 0.05) is 32.5 Å². The molecular formula is C17H22N4O. The maximum absolute atomic E-state index is 5.22. The molecule has 22 heavy (non-hydrogen) atoms. The van der Waals surface area contributed by atoms with Crippen LogP contribution in [0.1, 0.15) is 11.1 Å². The van der Waals surface area contributed by atoms with E-state index < -0.39 is 0 Å². The fourth-order valence-corrected chi connectivity index (χ4v) is 2.06. The third-order valence-electron chi connectivity index (χ3n) is 3.25. The molecule has 0 spiro atoms. The number of methoxy groups -OCH3 is 1. The third-order valence-corrected chi connectivity index (χ3v) is 3.25. The van der Waals surface area contributed by atoms with Crippen molar-refractivity contribution in [2.45, 2.75) is 13.0 Å². The monoisotopic (exact) mass is 298 g/mol. The molecule has 0 atom stereocenters. The van der Waals surface area contributed by atoms with Crippen molar-refractivity contribution in [3.05, 3.63) is 59.9 Å². The van der Waals surface area contributed by atoms with E-state index in [1.807, 2.05) is 30.5 Å². The molecule has 2 aromatic rings. The molecule has 2 N–H and O–H groups in total. The number of rotatable bonds is 6. The van der Waals surface area contributed by atoms with Gasteiger partial charge in [-0.2, -0.15) is 0 Å². The summed E-state index contributed by atoms with van der Waals surface area (Å²) in [4.78, 5) is 8.33. The van der Waals surface area contributed by atoms with Crippen LogP contribution in [0.5, 0.6) is 5.75 Å². The first-order valence-electron chi connectivity index (χ1n) is 7.28. The van der Waals surface area contributed by atoms with Crippen LogP contribution in [0.15, 0.2) is 53.8 Å². The van der Waals surface area contributed by atoms with Crippen molar-refractivity contribution in [2.75, 3.05) is 20.7 Å². The van der Waals surface area contributed by atoms with Gasteiger partial charge in [-0.1, -0.05) is 18.2 Å². The predicted molar refractivity (Wildman–Crippen MR) is 89.1 cm³/mol. The molecule has 0 amide bonds. The number of guanidine groups is 1. The van der Waals surface area contributed by atoms with Crippen LogP contribution in [0.25, 0.3) is 0 Å². The average Bonchev–Trinajstić information content (AvgIpc) is 2.59. The highest BCUT2D eigenvalue weighted by molar-refractivity contribution is 5.79. The molecule has 1 aromatic heterocycles. The zero-order valence-corrected chi connectivity index (χ0v) is 13.0. The van der Waals surface area contributed by atoms with Crippen LogP contribution in [0.3, 0.4) is 0 Å². The molecule has 5 heteroatoms. The minimum atomic E-state index is 0.698. The Morgan fingerprint density at radius 2 is 2.05 bits per heavy atom. The van der Waals surface area contributed by atoms with E-state index in [0.29, 0.717) is 6.54 Å². The summed E-state index contributed by atoms with van der Waals surface area (Å²) in [5, 5.41) is 6.59. The topological polar surface area (TPSA) is 58.5 Å². The zero-order chi connectivity index (χ0) is 15.6. The first-order chi connectivity index (χ1) is 10.8. The predicted octanol–water partition coefficient (Wildman–Crippen LogP) is 2.00. The molecular weight excluding hydrogens is 276 g/mol. The Kier molecular flexibility index (Phi) is 6.23. The quantitative estimate of drug-likeness (QED) is 0.632. The minimum Gasteiger partial charge on any atom is -0.497 e. The van der Waals surface area contributed by atoms with E-state index in [4.69, 9.17) is 4.74 Å². The van der Waals surface area contributed by atoms with E-state index in [0.717, 1.165) is 30.2 Å². The summed E-state index contributed by atoms with van der Waals surface area (Å²) in [6, 6.07) is 12.0. The summed E-state index contributed by atoms with van der Waals surface area (Å²) in [5.41, 5.74) is 2.35. The Hall–Kier alpha value is -2.56. The first-order valence-corrected chi connectivity index (χ1v) is 7.28. The summed E-state index contributed by atoms with van der Waals surface area (Å²) in [5.74, 6) is 1.64. The Balaban J connectivity index is 1.77. The standard InChI is InChI=1S/C17H22N4O/c1-18-17(20-10-8-14-6-4-9-19-12-14)21-13-15-5-3-7-16(11-15)22-2/h3-7,9,11-12H,8,10,13H2,1-2H3,(H2,18,20,21). The Labute approximate surface area is 131 Å². The van der Waals surface area contributed by atoms with Crippen molar-refractivity contribution in [1.82, 2.24) is 15.6 Å². The number of hydrogen-bond acceptors (Lipinski definition) is 3. The lowest BCUT2D eigenvalue weighted by atomic mass is 10.2. The summed E-state index contributed by atoms with van der Waals surface area (Å²) in [6.45, 7) is 1.51. The molecule has 0 radical (unpaired) electrons. The van der Waals surface area contributed by atoms with Crippen LogP contribution < -0.4 is 15.4 Å². The first kappa shape index (κ1) is 15.8. The van der Waals surface area contributed by atoms with Gasteiger partial charge in [0.25, 0.3) is 0 Å². The van der Waals surface area contributed by atoms with Gasteiger partial charge in [-0.05, 0) is 35.7 Å². The SMILES string of the molecule is CN=C(NCCc1cccnc1)NCc1cccc(OC)c1. The molecule has 0 bridgehead atoms. The molecule has 0 fully saturated rings. The molecule has 0 aliphatic carbocycles. The lowest BCUT2D eigenvalue weighted by molar-refractivity contribution is 0.414. The van der Waals surface area contributed by atoms with Crippen molar-refractivity contribution < 1.29 is 4.74 Å². The Bertz CT molecular complexity index is 599. The van der Waals surface area contributed by atoms with Crippen LogP contribution in [0.2, 0.25) is 0 Å². The highest BCUT2D eigenvalue weighted by Gasteiger charge is 2.00. The molecule has 0 unspecified atom stereocenters. The Morgan fingerprint density at radius 1 is 1.18 bits per heavy atom. The smallest absolute Gasteiger partial charge is 0.191 e. The van der Waals surface area contributed by atoms with E-state index in [-0.39, 0.29) is 0 Å². The van der Waals surface area contributed by atoms with Crippen LogP contribution >= 0.6 is 0 Å². The van der Waals surface area contributed by atoms with Gasteiger partial charge in [0.1, 0.15) is 5.75 Å². The van der Waals surface area contributed by atoms with Gasteiger partial charge >= 0.3 is 0 Å².